The van der Waals surface area contributed by atoms with Crippen molar-refractivity contribution >= 4 is 23.0 Å². The highest BCUT2D eigenvalue weighted by atomic mass is 16.6. The van der Waals surface area contributed by atoms with E-state index >= 15 is 0 Å². The fourth-order valence-corrected chi connectivity index (χ4v) is 2.12. The van der Waals surface area contributed by atoms with Gasteiger partial charge in [0.05, 0.1) is 17.6 Å². The molecule has 22 heavy (non-hydrogen) atoms. The Morgan fingerprint density at radius 3 is 2.95 bits per heavy atom. The SMILES string of the molecule is CCOC(=O)N(N)n1cc(CCNC(C)=O)c2ncccc21. The van der Waals surface area contributed by atoms with Crippen molar-refractivity contribution in [2.24, 2.45) is 5.84 Å². The van der Waals surface area contributed by atoms with Crippen molar-refractivity contribution in [2.75, 3.05) is 18.3 Å². The van der Waals surface area contributed by atoms with Crippen LogP contribution in [0.2, 0.25) is 0 Å². The standard InChI is InChI=1S/C14H19N5O3/c1-3-22-14(21)19(15)18-9-11(6-8-16-10(2)20)13-12(18)5-4-7-17-13/h4-5,7,9H,3,6,8,15H2,1-2H3,(H,16,20). The van der Waals surface area contributed by atoms with Gasteiger partial charge in [0.2, 0.25) is 5.91 Å². The molecule has 0 saturated heterocycles. The van der Waals surface area contributed by atoms with E-state index < -0.39 is 6.09 Å². The Bertz CT molecular complexity index is 682. The van der Waals surface area contributed by atoms with Gasteiger partial charge in [-0.15, -0.1) is 5.12 Å². The van der Waals surface area contributed by atoms with E-state index in [1.54, 1.807) is 25.4 Å². The molecule has 0 aliphatic heterocycles. The second-order valence-corrected chi connectivity index (χ2v) is 4.65. The summed E-state index contributed by atoms with van der Waals surface area (Å²) in [6.07, 6.45) is 3.31. The summed E-state index contributed by atoms with van der Waals surface area (Å²) in [6, 6.07) is 3.57. The van der Waals surface area contributed by atoms with Crippen LogP contribution in [-0.2, 0) is 16.0 Å². The zero-order valence-electron chi connectivity index (χ0n) is 12.6. The zero-order chi connectivity index (χ0) is 16.1. The third-order valence-electron chi connectivity index (χ3n) is 3.07. The molecule has 0 unspecified atom stereocenters. The predicted octanol–water partition coefficient (Wildman–Crippen LogP) is 0.683. The van der Waals surface area contributed by atoms with Gasteiger partial charge in [-0.3, -0.25) is 9.78 Å². The van der Waals surface area contributed by atoms with Crippen molar-refractivity contribution in [3.05, 3.63) is 30.1 Å². The summed E-state index contributed by atoms with van der Waals surface area (Å²) in [5, 5.41) is 3.63. The van der Waals surface area contributed by atoms with Crippen LogP contribution in [-0.4, -0.2) is 34.8 Å². The summed E-state index contributed by atoms with van der Waals surface area (Å²) < 4.78 is 6.38. The molecule has 2 heterocycles. The van der Waals surface area contributed by atoms with E-state index in [1.807, 2.05) is 6.07 Å². The summed E-state index contributed by atoms with van der Waals surface area (Å²) in [6.45, 7) is 3.89. The first-order valence-corrected chi connectivity index (χ1v) is 6.95. The zero-order valence-corrected chi connectivity index (χ0v) is 12.6. The number of amides is 2. The van der Waals surface area contributed by atoms with Crippen molar-refractivity contribution in [3.63, 3.8) is 0 Å². The van der Waals surface area contributed by atoms with Gasteiger partial charge in [0.25, 0.3) is 0 Å². The first-order valence-electron chi connectivity index (χ1n) is 6.95. The molecule has 0 saturated carbocycles. The molecule has 8 heteroatoms. The van der Waals surface area contributed by atoms with Crippen molar-refractivity contribution in [1.29, 1.82) is 0 Å². The summed E-state index contributed by atoms with van der Waals surface area (Å²) in [5.74, 6) is 5.71. The van der Waals surface area contributed by atoms with E-state index in [0.29, 0.717) is 18.5 Å². The topological polar surface area (TPSA) is 102 Å². The van der Waals surface area contributed by atoms with Gasteiger partial charge in [0, 0.05) is 31.4 Å². The number of hydrogen-bond acceptors (Lipinski definition) is 5. The van der Waals surface area contributed by atoms with Gasteiger partial charge in [-0.05, 0) is 25.5 Å². The van der Waals surface area contributed by atoms with Gasteiger partial charge in [0.1, 0.15) is 0 Å². The first-order chi connectivity index (χ1) is 10.5. The minimum atomic E-state index is -0.656. The molecular weight excluding hydrogens is 286 g/mol. The van der Waals surface area contributed by atoms with Gasteiger partial charge in [-0.25, -0.2) is 15.3 Å². The minimum Gasteiger partial charge on any atom is -0.448 e. The lowest BCUT2D eigenvalue weighted by molar-refractivity contribution is -0.118. The lowest BCUT2D eigenvalue weighted by Crippen LogP contribution is -2.46. The van der Waals surface area contributed by atoms with Crippen molar-refractivity contribution in [2.45, 2.75) is 20.3 Å². The van der Waals surface area contributed by atoms with Crippen LogP contribution in [0.3, 0.4) is 0 Å². The van der Waals surface area contributed by atoms with Crippen LogP contribution in [0.25, 0.3) is 11.0 Å². The maximum absolute atomic E-state index is 11.8. The van der Waals surface area contributed by atoms with E-state index in [9.17, 15) is 9.59 Å². The molecule has 118 valence electrons. The largest absolute Gasteiger partial charge is 0.448 e. The van der Waals surface area contributed by atoms with E-state index in [1.165, 1.54) is 11.6 Å². The third kappa shape index (κ3) is 3.34. The Morgan fingerprint density at radius 2 is 2.27 bits per heavy atom. The Balaban J connectivity index is 2.31. The van der Waals surface area contributed by atoms with Gasteiger partial charge >= 0.3 is 6.09 Å². The van der Waals surface area contributed by atoms with Crippen molar-refractivity contribution in [3.8, 4) is 0 Å². The van der Waals surface area contributed by atoms with Crippen LogP contribution in [0, 0.1) is 0 Å². The minimum absolute atomic E-state index is 0.0938. The highest BCUT2D eigenvalue weighted by Gasteiger charge is 2.17. The predicted molar refractivity (Wildman–Crippen MR) is 81.5 cm³/mol. The normalized spacial score (nSPS) is 10.5. The van der Waals surface area contributed by atoms with Gasteiger partial charge < -0.3 is 10.1 Å². The Kier molecular flexibility index (Phi) is 4.95. The number of pyridine rings is 1. The molecule has 0 aliphatic rings. The number of rotatable bonds is 5. The molecule has 0 aliphatic carbocycles. The van der Waals surface area contributed by atoms with E-state index in [4.69, 9.17) is 10.6 Å². The molecular formula is C14H19N5O3. The quantitative estimate of drug-likeness (QED) is 0.480. The van der Waals surface area contributed by atoms with Crippen molar-refractivity contribution in [1.82, 2.24) is 15.0 Å². The second-order valence-electron chi connectivity index (χ2n) is 4.65. The van der Waals surface area contributed by atoms with Crippen LogP contribution >= 0.6 is 0 Å². The molecule has 0 fully saturated rings. The lowest BCUT2D eigenvalue weighted by atomic mass is 10.2. The first kappa shape index (κ1) is 15.8. The number of nitrogens with one attached hydrogen (secondary N) is 1. The fourth-order valence-electron chi connectivity index (χ4n) is 2.12. The summed E-state index contributed by atoms with van der Waals surface area (Å²) in [4.78, 5) is 27.1. The number of nitrogens with zero attached hydrogens (tertiary/aromatic N) is 3. The van der Waals surface area contributed by atoms with E-state index in [0.717, 1.165) is 16.2 Å². The number of ether oxygens (including phenoxy) is 1. The van der Waals surface area contributed by atoms with E-state index in [-0.39, 0.29) is 12.5 Å². The Hall–Kier alpha value is -2.61. The van der Waals surface area contributed by atoms with Gasteiger partial charge in [0.15, 0.2) is 0 Å². The van der Waals surface area contributed by atoms with E-state index in [2.05, 4.69) is 10.3 Å². The highest BCUT2D eigenvalue weighted by molar-refractivity contribution is 5.85. The molecule has 8 nitrogen and oxygen atoms in total. The molecule has 0 bridgehead atoms. The number of aromatic nitrogens is 2. The van der Waals surface area contributed by atoms with Crippen LogP contribution in [0.5, 0.6) is 0 Å². The lowest BCUT2D eigenvalue weighted by Gasteiger charge is -2.17. The average molecular weight is 305 g/mol. The molecule has 2 rings (SSSR count). The number of nitrogens with two attached hydrogens (primary N) is 1. The number of fused-ring (bicyclic) bond motifs is 1. The molecule has 2 aromatic heterocycles. The smallest absolute Gasteiger partial charge is 0.444 e. The van der Waals surface area contributed by atoms with Gasteiger partial charge in [-0.1, -0.05) is 0 Å². The number of hydrazine groups is 1. The maximum Gasteiger partial charge on any atom is 0.444 e. The molecule has 0 radical (unpaired) electrons. The molecule has 0 atom stereocenters. The summed E-state index contributed by atoms with van der Waals surface area (Å²) in [5.41, 5.74) is 2.30. The van der Waals surface area contributed by atoms with Gasteiger partial charge in [-0.2, -0.15) is 0 Å². The highest BCUT2D eigenvalue weighted by Crippen LogP contribution is 2.19. The summed E-state index contributed by atoms with van der Waals surface area (Å²) >= 11 is 0. The molecule has 0 spiro atoms. The fraction of sp³-hybridized carbons (Fsp3) is 0.357. The van der Waals surface area contributed by atoms with Crippen molar-refractivity contribution < 1.29 is 14.3 Å². The number of carbonyl (C=O) groups excluding carboxylic acids is 2. The molecule has 2 amide bonds. The molecule has 2 aromatic rings. The number of hydrogen-bond donors (Lipinski definition) is 2. The molecule has 3 N–H and O–H groups in total. The third-order valence-corrected chi connectivity index (χ3v) is 3.07. The van der Waals surface area contributed by atoms with Crippen LogP contribution in [0.1, 0.15) is 19.4 Å². The monoisotopic (exact) mass is 305 g/mol. The number of carbonyl (C=O) groups is 2. The molecule has 0 aromatic carbocycles. The van der Waals surface area contributed by atoms with Crippen LogP contribution < -0.4 is 16.3 Å². The average Bonchev–Trinajstić information content (AvgIpc) is 2.85. The second kappa shape index (κ2) is 6.90. The van der Waals surface area contributed by atoms with Crippen LogP contribution in [0.4, 0.5) is 4.79 Å². The maximum atomic E-state index is 11.8. The van der Waals surface area contributed by atoms with Crippen LogP contribution in [0.15, 0.2) is 24.5 Å². The Labute approximate surface area is 127 Å². The summed E-state index contributed by atoms with van der Waals surface area (Å²) in [7, 11) is 0. The Morgan fingerprint density at radius 1 is 1.50 bits per heavy atom.